The fourth-order valence-electron chi connectivity index (χ4n) is 3.86. The molecule has 3 aromatic rings. The highest BCUT2D eigenvalue weighted by molar-refractivity contribution is 8.18. The minimum atomic E-state index is -1.31. The van der Waals surface area contributed by atoms with Gasteiger partial charge >= 0.3 is 0 Å². The zero-order chi connectivity index (χ0) is 21.8. The predicted octanol–water partition coefficient (Wildman–Crippen LogP) is 6.69. The molecule has 0 amide bonds. The molecule has 4 rings (SSSR count). The SMILES string of the molecule is Cc1ccc([S@](=O)N[C@H](c2ccc(C)c(C)c2)C2(c3ccccc3)SCCCS2)cc1. The second-order valence-corrected chi connectivity index (χ2v) is 12.2. The maximum atomic E-state index is 13.5. The van der Waals surface area contributed by atoms with E-state index in [-0.39, 0.29) is 10.1 Å². The fraction of sp³-hybridized carbons (Fsp3) is 0.308. The van der Waals surface area contributed by atoms with Crippen molar-refractivity contribution in [2.24, 2.45) is 0 Å². The van der Waals surface area contributed by atoms with E-state index in [4.69, 9.17) is 0 Å². The highest BCUT2D eigenvalue weighted by Crippen LogP contribution is 2.57. The Morgan fingerprint density at radius 2 is 1.55 bits per heavy atom. The fourth-order valence-corrected chi connectivity index (χ4v) is 8.59. The Balaban J connectivity index is 1.81. The lowest BCUT2D eigenvalue weighted by atomic mass is 9.95. The van der Waals surface area contributed by atoms with Crippen LogP contribution in [0.15, 0.2) is 77.7 Å². The van der Waals surface area contributed by atoms with Crippen molar-refractivity contribution in [3.63, 3.8) is 0 Å². The lowest BCUT2D eigenvalue weighted by molar-refractivity contribution is 0.588. The van der Waals surface area contributed by atoms with Crippen LogP contribution in [0.5, 0.6) is 0 Å². The zero-order valence-electron chi connectivity index (χ0n) is 18.3. The van der Waals surface area contributed by atoms with Crippen molar-refractivity contribution < 1.29 is 4.21 Å². The van der Waals surface area contributed by atoms with Crippen LogP contribution in [0.1, 0.15) is 40.3 Å². The number of rotatable bonds is 6. The first kappa shape index (κ1) is 22.7. The van der Waals surface area contributed by atoms with Crippen molar-refractivity contribution in [1.29, 1.82) is 0 Å². The summed E-state index contributed by atoms with van der Waals surface area (Å²) < 4.78 is 16.8. The van der Waals surface area contributed by atoms with Crippen LogP contribution in [0.25, 0.3) is 0 Å². The first-order valence-electron chi connectivity index (χ1n) is 10.6. The van der Waals surface area contributed by atoms with Crippen molar-refractivity contribution in [1.82, 2.24) is 4.72 Å². The molecule has 162 valence electrons. The molecule has 0 bridgehead atoms. The number of benzene rings is 3. The summed E-state index contributed by atoms with van der Waals surface area (Å²) in [5.41, 5.74) is 6.18. The summed E-state index contributed by atoms with van der Waals surface area (Å²) in [6.45, 7) is 6.35. The first-order valence-corrected chi connectivity index (χ1v) is 13.8. The Hall–Kier alpha value is -1.53. The van der Waals surface area contributed by atoms with Gasteiger partial charge in [-0.05, 0) is 73.1 Å². The first-order chi connectivity index (χ1) is 15.0. The van der Waals surface area contributed by atoms with E-state index >= 15 is 0 Å². The van der Waals surface area contributed by atoms with Gasteiger partial charge < -0.3 is 0 Å². The van der Waals surface area contributed by atoms with Gasteiger partial charge in [-0.2, -0.15) is 0 Å². The molecule has 1 aliphatic rings. The van der Waals surface area contributed by atoms with Crippen LogP contribution in [-0.2, 0) is 15.1 Å². The minimum absolute atomic E-state index is 0.0911. The van der Waals surface area contributed by atoms with Gasteiger partial charge in [0.15, 0.2) is 0 Å². The molecule has 3 aromatic carbocycles. The summed E-state index contributed by atoms with van der Waals surface area (Å²) in [6.07, 6.45) is 1.20. The van der Waals surface area contributed by atoms with Crippen LogP contribution in [0, 0.1) is 20.8 Å². The van der Waals surface area contributed by atoms with Gasteiger partial charge in [0.25, 0.3) is 0 Å². The Bertz CT molecular complexity index is 1040. The molecule has 1 fully saturated rings. The van der Waals surface area contributed by atoms with E-state index < -0.39 is 11.0 Å². The van der Waals surface area contributed by atoms with Gasteiger partial charge in [0, 0.05) is 0 Å². The van der Waals surface area contributed by atoms with Crippen molar-refractivity contribution in [3.8, 4) is 0 Å². The molecule has 1 N–H and O–H groups in total. The molecular weight excluding hydrogens is 438 g/mol. The normalized spacial score (nSPS) is 17.8. The standard InChI is InChI=1S/C26H29NOS3/c1-19-10-14-24(15-11-19)31(28)27-25(22-13-12-20(2)21(3)18-22)26(29-16-7-17-30-26)23-8-5-4-6-9-23/h4-6,8-15,18,25,27H,7,16-17H2,1-3H3/t25-,31+/m1/s1. The monoisotopic (exact) mass is 467 g/mol. The number of hydrogen-bond acceptors (Lipinski definition) is 3. The highest BCUT2D eigenvalue weighted by Gasteiger charge is 2.45. The molecule has 0 spiro atoms. The molecule has 2 nitrogen and oxygen atoms in total. The van der Waals surface area contributed by atoms with E-state index in [9.17, 15) is 4.21 Å². The van der Waals surface area contributed by atoms with Crippen LogP contribution >= 0.6 is 23.5 Å². The molecule has 0 saturated carbocycles. The highest BCUT2D eigenvalue weighted by atomic mass is 32.2. The molecule has 2 atom stereocenters. The molecule has 31 heavy (non-hydrogen) atoms. The number of aryl methyl sites for hydroxylation is 3. The summed E-state index contributed by atoms with van der Waals surface area (Å²) >= 11 is 3.96. The average molecular weight is 468 g/mol. The Morgan fingerprint density at radius 3 is 2.19 bits per heavy atom. The Kier molecular flexibility index (Phi) is 7.27. The summed E-state index contributed by atoms with van der Waals surface area (Å²) in [5, 5.41) is 0. The van der Waals surface area contributed by atoms with E-state index in [0.29, 0.717) is 0 Å². The Morgan fingerprint density at radius 1 is 0.871 bits per heavy atom. The van der Waals surface area contributed by atoms with Crippen molar-refractivity contribution >= 4 is 34.5 Å². The molecule has 0 aliphatic carbocycles. The van der Waals surface area contributed by atoms with E-state index in [1.54, 1.807) is 0 Å². The molecule has 0 unspecified atom stereocenters. The molecule has 5 heteroatoms. The van der Waals surface area contributed by atoms with Crippen molar-refractivity contribution in [3.05, 3.63) is 101 Å². The molecule has 1 saturated heterocycles. The van der Waals surface area contributed by atoms with Crippen LogP contribution in [0.2, 0.25) is 0 Å². The van der Waals surface area contributed by atoms with Gasteiger partial charge in [-0.15, -0.1) is 23.5 Å². The van der Waals surface area contributed by atoms with Crippen LogP contribution in [0.3, 0.4) is 0 Å². The van der Waals surface area contributed by atoms with Gasteiger partial charge in [0.05, 0.1) is 10.9 Å². The third kappa shape index (κ3) is 4.95. The minimum Gasteiger partial charge on any atom is -0.237 e. The third-order valence-corrected chi connectivity index (χ3v) is 10.4. The van der Waals surface area contributed by atoms with Gasteiger partial charge in [-0.25, -0.2) is 8.93 Å². The maximum absolute atomic E-state index is 13.5. The summed E-state index contributed by atoms with van der Waals surface area (Å²) in [6, 6.07) is 25.3. The quantitative estimate of drug-likeness (QED) is 0.438. The van der Waals surface area contributed by atoms with Crippen molar-refractivity contribution in [2.75, 3.05) is 11.5 Å². The summed E-state index contributed by atoms with van der Waals surface area (Å²) in [4.78, 5) is 0.813. The molecule has 1 aliphatic heterocycles. The third-order valence-electron chi connectivity index (χ3n) is 5.80. The van der Waals surface area contributed by atoms with Crippen LogP contribution in [0.4, 0.5) is 0 Å². The molecule has 0 radical (unpaired) electrons. The second kappa shape index (κ2) is 9.95. The van der Waals surface area contributed by atoms with E-state index in [0.717, 1.165) is 16.4 Å². The van der Waals surface area contributed by atoms with E-state index in [1.165, 1.54) is 34.2 Å². The van der Waals surface area contributed by atoms with Gasteiger partial charge in [0.1, 0.15) is 15.1 Å². The van der Waals surface area contributed by atoms with Crippen LogP contribution < -0.4 is 4.72 Å². The topological polar surface area (TPSA) is 29.1 Å². The van der Waals surface area contributed by atoms with Gasteiger partial charge in [0.2, 0.25) is 0 Å². The largest absolute Gasteiger partial charge is 0.237 e. The molecule has 0 aromatic heterocycles. The van der Waals surface area contributed by atoms with Crippen molar-refractivity contribution in [2.45, 2.75) is 42.2 Å². The summed E-state index contributed by atoms with van der Waals surface area (Å²) in [5.74, 6) is 2.20. The zero-order valence-corrected chi connectivity index (χ0v) is 20.7. The number of hydrogen-bond donors (Lipinski definition) is 1. The predicted molar refractivity (Wildman–Crippen MR) is 137 cm³/mol. The average Bonchev–Trinajstić information content (AvgIpc) is 2.81. The maximum Gasteiger partial charge on any atom is 0.125 e. The second-order valence-electron chi connectivity index (χ2n) is 8.06. The molecular formula is C26H29NOS3. The van der Waals surface area contributed by atoms with Crippen LogP contribution in [-0.4, -0.2) is 15.7 Å². The smallest absolute Gasteiger partial charge is 0.125 e. The lowest BCUT2D eigenvalue weighted by Gasteiger charge is -2.43. The Labute approximate surface area is 197 Å². The van der Waals surface area contributed by atoms with Gasteiger partial charge in [-0.1, -0.05) is 66.2 Å². The lowest BCUT2D eigenvalue weighted by Crippen LogP contribution is -2.40. The number of nitrogens with one attached hydrogen (secondary N) is 1. The van der Waals surface area contributed by atoms with E-state index in [2.05, 4.69) is 74.0 Å². The summed E-state index contributed by atoms with van der Waals surface area (Å²) in [7, 11) is -1.31. The van der Waals surface area contributed by atoms with E-state index in [1.807, 2.05) is 47.8 Å². The number of thioether (sulfide) groups is 2. The van der Waals surface area contributed by atoms with Gasteiger partial charge in [-0.3, -0.25) is 0 Å². The molecule has 1 heterocycles.